The van der Waals surface area contributed by atoms with Crippen molar-refractivity contribution in [2.24, 2.45) is 11.8 Å². The first-order valence-electron chi connectivity index (χ1n) is 6.88. The molecule has 1 aromatic carbocycles. The van der Waals surface area contributed by atoms with Gasteiger partial charge in [0.1, 0.15) is 5.82 Å². The third kappa shape index (κ3) is 6.05. The third-order valence-corrected chi connectivity index (χ3v) is 4.07. The van der Waals surface area contributed by atoms with Crippen LogP contribution in [0.5, 0.6) is 0 Å². The van der Waals surface area contributed by atoms with Crippen LogP contribution in [0.4, 0.5) is 4.39 Å². The van der Waals surface area contributed by atoms with Crippen molar-refractivity contribution in [3.05, 3.63) is 34.1 Å². The van der Waals surface area contributed by atoms with Gasteiger partial charge in [-0.3, -0.25) is 0 Å². The predicted octanol–water partition coefficient (Wildman–Crippen LogP) is 4.79. The number of hydrogen-bond acceptors (Lipinski definition) is 1. The van der Waals surface area contributed by atoms with Crippen molar-refractivity contribution in [3.8, 4) is 0 Å². The van der Waals surface area contributed by atoms with Crippen LogP contribution >= 0.6 is 15.9 Å². The number of hydrogen-bond donors (Lipinski definition) is 1. The second-order valence-corrected chi connectivity index (χ2v) is 7.43. The van der Waals surface area contributed by atoms with Gasteiger partial charge in [0.25, 0.3) is 0 Å². The molecule has 0 aliphatic heterocycles. The zero-order valence-electron chi connectivity index (χ0n) is 12.6. The first kappa shape index (κ1) is 16.6. The van der Waals surface area contributed by atoms with Crippen LogP contribution in [-0.2, 0) is 6.42 Å². The minimum Gasteiger partial charge on any atom is -0.312 e. The maximum atomic E-state index is 13.1. The second kappa shape index (κ2) is 6.85. The zero-order chi connectivity index (χ0) is 14.6. The van der Waals surface area contributed by atoms with Crippen LogP contribution in [0.15, 0.2) is 22.7 Å². The summed E-state index contributed by atoms with van der Waals surface area (Å²) in [7, 11) is 0. The van der Waals surface area contributed by atoms with Gasteiger partial charge in [0.15, 0.2) is 0 Å². The Morgan fingerprint density at radius 1 is 1.26 bits per heavy atom. The number of nitrogens with one attached hydrogen (secondary N) is 1. The topological polar surface area (TPSA) is 12.0 Å². The Balaban J connectivity index is 2.73. The first-order valence-corrected chi connectivity index (χ1v) is 7.67. The van der Waals surface area contributed by atoms with E-state index in [4.69, 9.17) is 0 Å². The molecular weight excluding hydrogens is 305 g/mol. The Morgan fingerprint density at radius 3 is 2.37 bits per heavy atom. The molecule has 0 aliphatic rings. The molecule has 3 heteroatoms. The van der Waals surface area contributed by atoms with Gasteiger partial charge < -0.3 is 5.32 Å². The smallest absolute Gasteiger partial charge is 0.124 e. The zero-order valence-corrected chi connectivity index (χ0v) is 14.1. The van der Waals surface area contributed by atoms with Crippen LogP contribution in [0.2, 0.25) is 0 Å². The lowest BCUT2D eigenvalue weighted by Crippen LogP contribution is -2.40. The van der Waals surface area contributed by atoms with Crippen molar-refractivity contribution < 1.29 is 4.39 Å². The van der Waals surface area contributed by atoms with Gasteiger partial charge in [-0.15, -0.1) is 0 Å². The van der Waals surface area contributed by atoms with Crippen molar-refractivity contribution in [3.63, 3.8) is 0 Å². The molecule has 1 rings (SSSR count). The second-order valence-electron chi connectivity index (χ2n) is 6.57. The van der Waals surface area contributed by atoms with Crippen molar-refractivity contribution in [2.45, 2.75) is 46.6 Å². The Kier molecular flexibility index (Phi) is 6.00. The summed E-state index contributed by atoms with van der Waals surface area (Å²) in [4.78, 5) is 0. The Bertz CT molecular complexity index is 410. The quantitative estimate of drug-likeness (QED) is 0.818. The van der Waals surface area contributed by atoms with Crippen LogP contribution in [0.1, 0.15) is 40.2 Å². The average molecular weight is 330 g/mol. The summed E-state index contributed by atoms with van der Waals surface area (Å²) < 4.78 is 14.0. The van der Waals surface area contributed by atoms with Gasteiger partial charge in [-0.2, -0.15) is 0 Å². The van der Waals surface area contributed by atoms with Gasteiger partial charge in [-0.05, 0) is 63.3 Å². The fourth-order valence-electron chi connectivity index (χ4n) is 1.95. The van der Waals surface area contributed by atoms with E-state index in [-0.39, 0.29) is 11.4 Å². The molecule has 1 N–H and O–H groups in total. The molecule has 0 radical (unpaired) electrons. The molecule has 0 amide bonds. The summed E-state index contributed by atoms with van der Waals surface area (Å²) in [6.45, 7) is 12.0. The first-order chi connectivity index (χ1) is 8.69. The number of rotatable bonds is 5. The average Bonchev–Trinajstić information content (AvgIpc) is 2.24. The van der Waals surface area contributed by atoms with E-state index in [1.54, 1.807) is 6.07 Å². The van der Waals surface area contributed by atoms with Gasteiger partial charge in [-0.25, -0.2) is 4.39 Å². The van der Waals surface area contributed by atoms with Crippen LogP contribution in [0.25, 0.3) is 0 Å². The molecule has 0 saturated heterocycles. The van der Waals surface area contributed by atoms with Crippen LogP contribution in [0, 0.1) is 17.7 Å². The summed E-state index contributed by atoms with van der Waals surface area (Å²) >= 11 is 3.45. The Hall–Kier alpha value is -0.410. The van der Waals surface area contributed by atoms with E-state index < -0.39 is 0 Å². The highest BCUT2D eigenvalue weighted by Gasteiger charge is 2.18. The molecule has 1 nitrogen and oxygen atoms in total. The van der Waals surface area contributed by atoms with Gasteiger partial charge in [0.05, 0.1) is 0 Å². The molecule has 0 aliphatic carbocycles. The largest absolute Gasteiger partial charge is 0.312 e. The predicted molar refractivity (Wildman–Crippen MR) is 83.9 cm³/mol. The maximum absolute atomic E-state index is 13.1. The van der Waals surface area contributed by atoms with E-state index in [9.17, 15) is 4.39 Å². The van der Waals surface area contributed by atoms with E-state index in [1.165, 1.54) is 11.6 Å². The lowest BCUT2D eigenvalue weighted by Gasteiger charge is -2.28. The Labute approximate surface area is 125 Å². The van der Waals surface area contributed by atoms with Crippen LogP contribution in [0.3, 0.4) is 0 Å². The van der Waals surface area contributed by atoms with Crippen LogP contribution in [-0.4, -0.2) is 12.1 Å². The summed E-state index contributed by atoms with van der Waals surface area (Å²) in [5.41, 5.74) is 1.31. The molecule has 1 aromatic rings. The summed E-state index contributed by atoms with van der Waals surface area (Å²) in [5.74, 6) is 0.942. The van der Waals surface area contributed by atoms with Crippen molar-refractivity contribution in [1.82, 2.24) is 5.32 Å². The van der Waals surface area contributed by atoms with Gasteiger partial charge in [0.2, 0.25) is 0 Å². The molecule has 0 aromatic heterocycles. The minimum absolute atomic E-state index is 0.132. The molecule has 0 fully saturated rings. The van der Waals surface area contributed by atoms with Gasteiger partial charge >= 0.3 is 0 Å². The summed E-state index contributed by atoms with van der Waals surface area (Å²) in [6.07, 6.45) is 0.960. The molecule has 1 unspecified atom stereocenters. The van der Waals surface area contributed by atoms with E-state index in [1.807, 2.05) is 6.07 Å². The highest BCUT2D eigenvalue weighted by molar-refractivity contribution is 9.10. The maximum Gasteiger partial charge on any atom is 0.124 e. The highest BCUT2D eigenvalue weighted by atomic mass is 79.9. The van der Waals surface area contributed by atoms with E-state index in [0.717, 1.165) is 17.4 Å². The fourth-order valence-corrected chi connectivity index (χ4v) is 2.46. The van der Waals surface area contributed by atoms with Crippen molar-refractivity contribution in [1.29, 1.82) is 0 Å². The molecule has 108 valence electrons. The monoisotopic (exact) mass is 329 g/mol. The fraction of sp³-hybridized carbons (Fsp3) is 0.625. The van der Waals surface area contributed by atoms with E-state index in [2.05, 4.69) is 55.9 Å². The van der Waals surface area contributed by atoms with Crippen molar-refractivity contribution in [2.75, 3.05) is 6.54 Å². The number of benzene rings is 1. The SMILES string of the molecule is CC(C)C(CNC(C)(C)C)Cc1ccc(F)cc1Br. The molecular formula is C16H25BrFN. The lowest BCUT2D eigenvalue weighted by molar-refractivity contribution is 0.312. The molecule has 0 heterocycles. The standard InChI is InChI=1S/C16H25BrFN/c1-11(2)13(10-19-16(3,4)5)8-12-6-7-14(18)9-15(12)17/h6-7,9,11,13,19H,8,10H2,1-5H3. The molecule has 0 saturated carbocycles. The Morgan fingerprint density at radius 2 is 1.89 bits per heavy atom. The summed E-state index contributed by atoms with van der Waals surface area (Å²) in [5, 5.41) is 3.57. The lowest BCUT2D eigenvalue weighted by atomic mass is 9.88. The molecule has 1 atom stereocenters. The van der Waals surface area contributed by atoms with Crippen molar-refractivity contribution >= 4 is 15.9 Å². The summed E-state index contributed by atoms with van der Waals surface area (Å²) in [6, 6.07) is 4.96. The molecule has 0 spiro atoms. The highest BCUT2D eigenvalue weighted by Crippen LogP contribution is 2.24. The van der Waals surface area contributed by atoms with E-state index >= 15 is 0 Å². The normalized spacial score (nSPS) is 13.9. The molecule has 0 bridgehead atoms. The van der Waals surface area contributed by atoms with Crippen LogP contribution < -0.4 is 5.32 Å². The van der Waals surface area contributed by atoms with Gasteiger partial charge in [0, 0.05) is 10.0 Å². The molecule has 19 heavy (non-hydrogen) atoms. The number of halogens is 2. The third-order valence-electron chi connectivity index (χ3n) is 3.33. The van der Waals surface area contributed by atoms with E-state index in [0.29, 0.717) is 11.8 Å². The minimum atomic E-state index is -0.190. The van der Waals surface area contributed by atoms with Gasteiger partial charge in [-0.1, -0.05) is 35.8 Å².